The van der Waals surface area contributed by atoms with Gasteiger partial charge < -0.3 is 18.8 Å². The van der Waals surface area contributed by atoms with Gasteiger partial charge in [-0.15, -0.1) is 0 Å². The molecule has 34 heavy (non-hydrogen) atoms. The maximum absolute atomic E-state index is 12.6. The molecule has 1 amide bonds. The van der Waals surface area contributed by atoms with Crippen molar-refractivity contribution >= 4 is 43.3 Å². The molecule has 2 heterocycles. The molecule has 11 heteroatoms. The van der Waals surface area contributed by atoms with Gasteiger partial charge in [-0.25, -0.2) is 8.42 Å². The summed E-state index contributed by atoms with van der Waals surface area (Å²) in [5.74, 6) is 0.0340. The lowest BCUT2D eigenvalue weighted by Crippen LogP contribution is -2.23. The fraction of sp³-hybridized carbons (Fsp3) is 0.348. The van der Waals surface area contributed by atoms with E-state index >= 15 is 0 Å². The van der Waals surface area contributed by atoms with Crippen molar-refractivity contribution in [3.05, 3.63) is 52.8 Å². The minimum absolute atomic E-state index is 0.0234. The molecular weight excluding hydrogens is 480 g/mol. The predicted octanol–water partition coefficient (Wildman–Crippen LogP) is 2.82. The molecule has 0 N–H and O–H groups in total. The van der Waals surface area contributed by atoms with Gasteiger partial charge in [0.1, 0.15) is 6.54 Å². The molecule has 2 aromatic carbocycles. The molecule has 0 saturated carbocycles. The van der Waals surface area contributed by atoms with E-state index in [-0.39, 0.29) is 44.3 Å². The van der Waals surface area contributed by atoms with Gasteiger partial charge in [0, 0.05) is 18.6 Å². The molecule has 0 atom stereocenters. The Morgan fingerprint density at radius 2 is 1.88 bits per heavy atom. The summed E-state index contributed by atoms with van der Waals surface area (Å²) in [5.41, 5.74) is 1.38. The minimum Gasteiger partial charge on any atom is -0.465 e. The number of ether oxygens (including phenoxy) is 3. The van der Waals surface area contributed by atoms with Crippen LogP contribution in [0.25, 0.3) is 10.2 Å². The molecule has 180 valence electrons. The van der Waals surface area contributed by atoms with Crippen LogP contribution < -0.4 is 14.3 Å². The molecule has 1 aliphatic heterocycles. The first kappa shape index (κ1) is 24.0. The molecule has 0 fully saturated rings. The van der Waals surface area contributed by atoms with E-state index in [9.17, 15) is 18.0 Å². The number of thiazole rings is 1. The van der Waals surface area contributed by atoms with Crippen molar-refractivity contribution in [2.24, 2.45) is 4.99 Å². The average molecular weight is 505 g/mol. The van der Waals surface area contributed by atoms with Crippen molar-refractivity contribution in [1.29, 1.82) is 0 Å². The summed E-state index contributed by atoms with van der Waals surface area (Å²) in [6, 6.07) is 12.4. The number of esters is 1. The third kappa shape index (κ3) is 5.84. The number of carbonyl (C=O) groups excluding carboxylic acids is 2. The van der Waals surface area contributed by atoms with Gasteiger partial charge in [-0.2, -0.15) is 4.99 Å². The highest BCUT2D eigenvalue weighted by Gasteiger charge is 2.19. The van der Waals surface area contributed by atoms with Crippen LogP contribution in [0.4, 0.5) is 0 Å². The zero-order chi connectivity index (χ0) is 24.1. The van der Waals surface area contributed by atoms with Gasteiger partial charge in [-0.3, -0.25) is 9.59 Å². The zero-order valence-corrected chi connectivity index (χ0v) is 20.2. The number of amides is 1. The van der Waals surface area contributed by atoms with Gasteiger partial charge in [-0.05, 0) is 18.9 Å². The van der Waals surface area contributed by atoms with Crippen LogP contribution in [0.3, 0.4) is 0 Å². The van der Waals surface area contributed by atoms with E-state index in [1.54, 1.807) is 47.9 Å². The van der Waals surface area contributed by atoms with Gasteiger partial charge >= 0.3 is 5.97 Å². The van der Waals surface area contributed by atoms with E-state index in [1.165, 1.54) is 11.3 Å². The van der Waals surface area contributed by atoms with Crippen LogP contribution in [0.1, 0.15) is 25.3 Å². The molecule has 1 aliphatic rings. The van der Waals surface area contributed by atoms with Gasteiger partial charge in [-0.1, -0.05) is 41.7 Å². The van der Waals surface area contributed by atoms with Crippen molar-refractivity contribution in [2.75, 3.05) is 19.2 Å². The molecule has 1 aromatic heterocycles. The Kier molecular flexibility index (Phi) is 7.32. The van der Waals surface area contributed by atoms with Crippen molar-refractivity contribution in [3.8, 4) is 11.5 Å². The van der Waals surface area contributed by atoms with Gasteiger partial charge in [0.2, 0.25) is 12.7 Å². The summed E-state index contributed by atoms with van der Waals surface area (Å²) in [4.78, 5) is 29.2. The Balaban J connectivity index is 1.51. The summed E-state index contributed by atoms with van der Waals surface area (Å²) in [6.07, 6.45) is 0.140. The number of fused-ring (bicyclic) bond motifs is 2. The molecular formula is C23H24N2O7S2. The Hall–Kier alpha value is -3.18. The van der Waals surface area contributed by atoms with Crippen LogP contribution in [-0.2, 0) is 36.5 Å². The zero-order valence-electron chi connectivity index (χ0n) is 18.6. The number of nitrogens with zero attached hydrogens (tertiary/aromatic N) is 2. The first-order valence-corrected chi connectivity index (χ1v) is 13.4. The van der Waals surface area contributed by atoms with E-state index in [2.05, 4.69) is 4.99 Å². The lowest BCUT2D eigenvalue weighted by molar-refractivity contribution is -0.143. The SMILES string of the molecule is CCOC(=O)Cn1c(=NC(=O)CCCS(=O)(=O)Cc2ccccc2)sc2cc3c(cc21)OCO3. The fourth-order valence-electron chi connectivity index (χ4n) is 3.54. The number of rotatable bonds is 9. The number of hydrogen-bond acceptors (Lipinski definition) is 8. The fourth-order valence-corrected chi connectivity index (χ4v) is 6.03. The topological polar surface area (TPSA) is 113 Å². The third-order valence-electron chi connectivity index (χ3n) is 5.07. The van der Waals surface area contributed by atoms with Crippen LogP contribution in [0.5, 0.6) is 11.5 Å². The molecule has 4 rings (SSSR count). The van der Waals surface area contributed by atoms with Gasteiger partial charge in [0.25, 0.3) is 0 Å². The first-order valence-electron chi connectivity index (χ1n) is 10.7. The molecule has 3 aromatic rings. The second-order valence-electron chi connectivity index (χ2n) is 7.64. The molecule has 9 nitrogen and oxygen atoms in total. The normalized spacial score (nSPS) is 13.4. The molecule has 0 saturated heterocycles. The Morgan fingerprint density at radius 1 is 1.15 bits per heavy atom. The van der Waals surface area contributed by atoms with Crippen LogP contribution in [-0.4, -0.2) is 44.0 Å². The number of carbonyl (C=O) groups is 2. The number of benzene rings is 2. The van der Waals surface area contributed by atoms with E-state index in [0.29, 0.717) is 27.4 Å². The van der Waals surface area contributed by atoms with E-state index in [1.807, 2.05) is 6.07 Å². The molecule has 0 unspecified atom stereocenters. The average Bonchev–Trinajstić information content (AvgIpc) is 3.36. The van der Waals surface area contributed by atoms with Crippen molar-refractivity contribution < 1.29 is 32.2 Å². The van der Waals surface area contributed by atoms with Gasteiger partial charge in [0.15, 0.2) is 26.1 Å². The molecule has 0 radical (unpaired) electrons. The van der Waals surface area contributed by atoms with Crippen LogP contribution in [0.2, 0.25) is 0 Å². The second kappa shape index (κ2) is 10.4. The summed E-state index contributed by atoms with van der Waals surface area (Å²) >= 11 is 1.23. The van der Waals surface area contributed by atoms with E-state index < -0.39 is 21.7 Å². The third-order valence-corrected chi connectivity index (χ3v) is 7.79. The lowest BCUT2D eigenvalue weighted by Gasteiger charge is -2.06. The monoisotopic (exact) mass is 504 g/mol. The second-order valence-corrected chi connectivity index (χ2v) is 10.8. The highest BCUT2D eigenvalue weighted by Crippen LogP contribution is 2.37. The molecule has 0 bridgehead atoms. The van der Waals surface area contributed by atoms with Crippen LogP contribution in [0.15, 0.2) is 47.5 Å². The van der Waals surface area contributed by atoms with Crippen LogP contribution >= 0.6 is 11.3 Å². The highest BCUT2D eigenvalue weighted by atomic mass is 32.2. The van der Waals surface area contributed by atoms with Crippen molar-refractivity contribution in [1.82, 2.24) is 4.57 Å². The van der Waals surface area contributed by atoms with Crippen molar-refractivity contribution in [3.63, 3.8) is 0 Å². The largest absolute Gasteiger partial charge is 0.465 e. The lowest BCUT2D eigenvalue weighted by atomic mass is 10.2. The Bertz CT molecular complexity index is 1380. The highest BCUT2D eigenvalue weighted by molar-refractivity contribution is 7.90. The minimum atomic E-state index is -3.35. The standard InChI is InChI=1S/C23H24N2O7S2/c1-2-30-22(27)13-25-17-11-18-19(32-15-31-18)12-20(17)33-23(25)24-21(26)9-6-10-34(28,29)14-16-7-4-3-5-8-16/h3-5,7-8,11-12H,2,6,9-10,13-15H2,1H3. The predicted molar refractivity (Wildman–Crippen MR) is 126 cm³/mol. The maximum atomic E-state index is 12.6. The maximum Gasteiger partial charge on any atom is 0.326 e. The Morgan fingerprint density at radius 3 is 2.62 bits per heavy atom. The van der Waals surface area contributed by atoms with Crippen molar-refractivity contribution in [2.45, 2.75) is 32.1 Å². The summed E-state index contributed by atoms with van der Waals surface area (Å²) in [7, 11) is -3.35. The first-order chi connectivity index (χ1) is 16.3. The van der Waals surface area contributed by atoms with E-state index in [4.69, 9.17) is 14.2 Å². The molecule has 0 spiro atoms. The van der Waals surface area contributed by atoms with Gasteiger partial charge in [0.05, 0.1) is 28.3 Å². The quantitative estimate of drug-likeness (QED) is 0.412. The van der Waals surface area contributed by atoms with E-state index in [0.717, 1.165) is 4.70 Å². The molecule has 0 aliphatic carbocycles. The summed E-state index contributed by atoms with van der Waals surface area (Å²) in [6.45, 7) is 1.95. The summed E-state index contributed by atoms with van der Waals surface area (Å²) < 4.78 is 43.0. The number of sulfone groups is 1. The Labute approximate surface area is 200 Å². The smallest absolute Gasteiger partial charge is 0.326 e. The number of aromatic nitrogens is 1. The summed E-state index contributed by atoms with van der Waals surface area (Å²) in [5, 5.41) is 0. The van der Waals surface area contributed by atoms with Crippen LogP contribution in [0, 0.1) is 0 Å². The number of hydrogen-bond donors (Lipinski definition) is 0.